The molecule has 0 aromatic rings. The molecule has 1 aliphatic heterocycles. The van der Waals surface area contributed by atoms with E-state index in [4.69, 9.17) is 5.73 Å². The van der Waals surface area contributed by atoms with Crippen LogP contribution in [0.4, 0.5) is 0 Å². The van der Waals surface area contributed by atoms with Crippen LogP contribution in [-0.2, 0) is 9.59 Å². The molecular weight excluding hydrogens is 238 g/mol. The van der Waals surface area contributed by atoms with Gasteiger partial charge in [0.05, 0.1) is 17.5 Å². The summed E-state index contributed by atoms with van der Waals surface area (Å²) in [5.41, 5.74) is 4.96. The topological polar surface area (TPSA) is 75.4 Å². The molecule has 0 atom stereocenters. The Labute approximate surface area is 99.5 Å². The Morgan fingerprint density at radius 2 is 2.07 bits per heavy atom. The van der Waals surface area contributed by atoms with E-state index in [0.29, 0.717) is 11.8 Å². The van der Waals surface area contributed by atoms with Crippen molar-refractivity contribution >= 4 is 36.0 Å². The Balaban J connectivity index is 0.00000196. The number of hydrogen-bond acceptors (Lipinski definition) is 4. The first-order valence-electron chi connectivity index (χ1n) is 4.43. The van der Waals surface area contributed by atoms with Crippen LogP contribution in [0.3, 0.4) is 0 Å². The lowest BCUT2D eigenvalue weighted by Gasteiger charge is -2.35. The van der Waals surface area contributed by atoms with Gasteiger partial charge in [0.2, 0.25) is 11.8 Å². The van der Waals surface area contributed by atoms with E-state index in [1.54, 1.807) is 11.9 Å². The van der Waals surface area contributed by atoms with E-state index in [2.05, 4.69) is 5.32 Å². The second-order valence-electron chi connectivity index (χ2n) is 3.28. The number of nitrogens with one attached hydrogen (secondary N) is 1. The van der Waals surface area contributed by atoms with Crippen molar-refractivity contribution in [3.8, 4) is 0 Å². The molecule has 0 saturated carbocycles. The lowest BCUT2D eigenvalue weighted by atomic mass is 10.1. The van der Waals surface area contributed by atoms with Crippen molar-refractivity contribution in [2.75, 3.05) is 31.6 Å². The number of nitrogens with two attached hydrogens (primary N) is 1. The summed E-state index contributed by atoms with van der Waals surface area (Å²) in [6.45, 7) is 1.73. The summed E-state index contributed by atoms with van der Waals surface area (Å²) in [5.74, 6) is 0.219. The van der Waals surface area contributed by atoms with Gasteiger partial charge in [-0.3, -0.25) is 9.59 Å². The molecule has 5 nitrogen and oxygen atoms in total. The third-order valence-corrected chi connectivity index (χ3v) is 3.11. The molecule has 0 aromatic carbocycles. The Bertz CT molecular complexity index is 236. The van der Waals surface area contributed by atoms with E-state index in [1.165, 1.54) is 11.8 Å². The molecule has 15 heavy (non-hydrogen) atoms. The Morgan fingerprint density at radius 3 is 2.47 bits per heavy atom. The Kier molecular flexibility index (Phi) is 6.71. The smallest absolute Gasteiger partial charge is 0.232 e. The third kappa shape index (κ3) is 4.72. The summed E-state index contributed by atoms with van der Waals surface area (Å²) in [6.07, 6.45) is 0. The number of carbonyl (C=O) groups is 2. The molecule has 2 amide bonds. The number of likely N-dealkylation sites (N-methyl/N-ethyl adjacent to an activating group) is 1. The quantitative estimate of drug-likeness (QED) is 0.663. The molecule has 0 spiro atoms. The minimum absolute atomic E-state index is 0. The average Bonchev–Trinajstić information content (AvgIpc) is 2.00. The molecular formula is C8H16ClN3O2S. The zero-order valence-corrected chi connectivity index (χ0v) is 10.2. The maximum Gasteiger partial charge on any atom is 0.232 e. The number of primary amides is 1. The Morgan fingerprint density at radius 1 is 1.47 bits per heavy atom. The van der Waals surface area contributed by atoms with Crippen molar-refractivity contribution in [1.82, 2.24) is 10.2 Å². The van der Waals surface area contributed by atoms with Crippen LogP contribution in [0.5, 0.6) is 0 Å². The van der Waals surface area contributed by atoms with Crippen LogP contribution in [0.1, 0.15) is 0 Å². The molecule has 0 radical (unpaired) electrons. The minimum Gasteiger partial charge on any atom is -0.369 e. The van der Waals surface area contributed by atoms with Gasteiger partial charge in [0, 0.05) is 20.1 Å². The van der Waals surface area contributed by atoms with E-state index < -0.39 is 0 Å². The third-order valence-electron chi connectivity index (χ3n) is 2.17. The SMILES string of the molecule is CN(C(=O)CSCC(N)=O)C1CNC1.Cl. The molecule has 1 saturated heterocycles. The number of carbonyl (C=O) groups excluding carboxylic acids is 2. The van der Waals surface area contributed by atoms with Crippen molar-refractivity contribution in [2.45, 2.75) is 6.04 Å². The van der Waals surface area contributed by atoms with Gasteiger partial charge in [0.15, 0.2) is 0 Å². The number of nitrogens with zero attached hydrogens (tertiary/aromatic N) is 1. The van der Waals surface area contributed by atoms with Crippen molar-refractivity contribution in [1.29, 1.82) is 0 Å². The summed E-state index contributed by atoms with van der Waals surface area (Å²) < 4.78 is 0. The average molecular weight is 254 g/mol. The summed E-state index contributed by atoms with van der Waals surface area (Å²) in [4.78, 5) is 23.6. The first-order chi connectivity index (χ1) is 6.61. The van der Waals surface area contributed by atoms with Crippen LogP contribution in [0.2, 0.25) is 0 Å². The van der Waals surface area contributed by atoms with Gasteiger partial charge in [0.1, 0.15) is 0 Å². The lowest BCUT2D eigenvalue weighted by Crippen LogP contribution is -2.57. The van der Waals surface area contributed by atoms with E-state index in [-0.39, 0.29) is 30.0 Å². The van der Waals surface area contributed by atoms with Crippen LogP contribution in [0, 0.1) is 0 Å². The predicted molar refractivity (Wildman–Crippen MR) is 63.2 cm³/mol. The van der Waals surface area contributed by atoms with Gasteiger partial charge < -0.3 is 16.0 Å². The molecule has 0 aromatic heterocycles. The van der Waals surface area contributed by atoms with Gasteiger partial charge in [-0.25, -0.2) is 0 Å². The van der Waals surface area contributed by atoms with Crippen LogP contribution < -0.4 is 11.1 Å². The van der Waals surface area contributed by atoms with Crippen molar-refractivity contribution in [3.63, 3.8) is 0 Å². The maximum atomic E-state index is 11.5. The molecule has 0 aliphatic carbocycles. The van der Waals surface area contributed by atoms with Gasteiger partial charge in [-0.1, -0.05) is 0 Å². The standard InChI is InChI=1S/C8H15N3O2S.ClH/c1-11(6-2-10-3-6)8(13)5-14-4-7(9)12;/h6,10H,2-5H2,1H3,(H2,9,12);1H. The highest BCUT2D eigenvalue weighted by Crippen LogP contribution is 2.06. The van der Waals surface area contributed by atoms with E-state index in [9.17, 15) is 9.59 Å². The van der Waals surface area contributed by atoms with Gasteiger partial charge in [-0.15, -0.1) is 24.2 Å². The minimum atomic E-state index is -0.379. The predicted octanol–water partition coefficient (Wildman–Crippen LogP) is -0.943. The summed E-state index contributed by atoms with van der Waals surface area (Å²) in [5, 5.41) is 3.10. The van der Waals surface area contributed by atoms with E-state index in [1.807, 2.05) is 0 Å². The first kappa shape index (κ1) is 14.5. The molecule has 0 unspecified atom stereocenters. The van der Waals surface area contributed by atoms with Crippen LogP contribution >= 0.6 is 24.2 Å². The number of thioether (sulfide) groups is 1. The fourth-order valence-electron chi connectivity index (χ4n) is 1.09. The van der Waals surface area contributed by atoms with Gasteiger partial charge in [0.25, 0.3) is 0 Å². The molecule has 88 valence electrons. The molecule has 3 N–H and O–H groups in total. The highest BCUT2D eigenvalue weighted by molar-refractivity contribution is 8.00. The number of rotatable bonds is 5. The molecule has 7 heteroatoms. The zero-order valence-electron chi connectivity index (χ0n) is 8.56. The van der Waals surface area contributed by atoms with Gasteiger partial charge >= 0.3 is 0 Å². The largest absolute Gasteiger partial charge is 0.369 e. The normalized spacial score (nSPS) is 15.0. The number of halogens is 1. The van der Waals surface area contributed by atoms with Gasteiger partial charge in [-0.05, 0) is 0 Å². The fraction of sp³-hybridized carbons (Fsp3) is 0.750. The molecule has 1 heterocycles. The molecule has 1 fully saturated rings. The highest BCUT2D eigenvalue weighted by atomic mass is 35.5. The number of amides is 2. The van der Waals surface area contributed by atoms with Crippen LogP contribution in [0.15, 0.2) is 0 Å². The van der Waals surface area contributed by atoms with Crippen molar-refractivity contribution in [3.05, 3.63) is 0 Å². The van der Waals surface area contributed by atoms with Gasteiger partial charge in [-0.2, -0.15) is 0 Å². The molecule has 1 aliphatic rings. The second-order valence-corrected chi connectivity index (χ2v) is 4.26. The van der Waals surface area contributed by atoms with Crippen molar-refractivity contribution < 1.29 is 9.59 Å². The lowest BCUT2D eigenvalue weighted by molar-refractivity contribution is -0.129. The zero-order chi connectivity index (χ0) is 10.6. The fourth-order valence-corrected chi connectivity index (χ4v) is 1.77. The second kappa shape index (κ2) is 6.92. The Hall–Kier alpha value is -0.460. The molecule has 1 rings (SSSR count). The van der Waals surface area contributed by atoms with E-state index in [0.717, 1.165) is 13.1 Å². The molecule has 0 bridgehead atoms. The van der Waals surface area contributed by atoms with E-state index >= 15 is 0 Å². The summed E-state index contributed by atoms with van der Waals surface area (Å²) in [6, 6.07) is 0.316. The first-order valence-corrected chi connectivity index (χ1v) is 5.59. The van der Waals surface area contributed by atoms with Crippen LogP contribution in [0.25, 0.3) is 0 Å². The van der Waals surface area contributed by atoms with Crippen molar-refractivity contribution in [2.24, 2.45) is 5.73 Å². The summed E-state index contributed by atoms with van der Waals surface area (Å²) in [7, 11) is 1.79. The number of hydrogen-bond donors (Lipinski definition) is 2. The van der Waals surface area contributed by atoms with Crippen LogP contribution in [-0.4, -0.2) is 54.4 Å². The monoisotopic (exact) mass is 253 g/mol. The summed E-state index contributed by atoms with van der Waals surface area (Å²) >= 11 is 1.26. The maximum absolute atomic E-state index is 11.5. The highest BCUT2D eigenvalue weighted by Gasteiger charge is 2.24.